The number of rotatable bonds is 5. The number of methoxy groups -OCH3 is 1. The molecule has 18 heavy (non-hydrogen) atoms. The first-order valence-corrected chi connectivity index (χ1v) is 6.31. The SMILES string of the molecule is COC(=O)CC(C)Sc1c(C)cccc1[N+](=O)[O-]. The van der Waals surface area contributed by atoms with Crippen LogP contribution in [-0.4, -0.2) is 23.3 Å². The average Bonchev–Trinajstić information content (AvgIpc) is 2.31. The molecule has 6 heteroatoms. The molecule has 0 spiro atoms. The second-order valence-electron chi connectivity index (χ2n) is 3.89. The molecule has 1 unspecified atom stereocenters. The van der Waals surface area contributed by atoms with Gasteiger partial charge in [0, 0.05) is 11.3 Å². The van der Waals surface area contributed by atoms with Gasteiger partial charge >= 0.3 is 5.97 Å². The molecule has 0 saturated heterocycles. The van der Waals surface area contributed by atoms with E-state index in [0.717, 1.165) is 5.56 Å². The quantitative estimate of drug-likeness (QED) is 0.356. The standard InChI is InChI=1S/C12H15NO4S/c1-8-5-4-6-10(13(15)16)12(8)18-9(2)7-11(14)17-3/h4-6,9H,7H2,1-3H3. The number of hydrogen-bond donors (Lipinski definition) is 0. The fourth-order valence-corrected chi connectivity index (χ4v) is 2.63. The minimum Gasteiger partial charge on any atom is -0.469 e. The van der Waals surface area contributed by atoms with E-state index in [1.54, 1.807) is 6.07 Å². The third kappa shape index (κ3) is 3.73. The Kier molecular flexibility index (Phi) is 5.15. The van der Waals surface area contributed by atoms with Crippen LogP contribution in [0.5, 0.6) is 0 Å². The van der Waals surface area contributed by atoms with Gasteiger partial charge in [0.2, 0.25) is 0 Å². The zero-order chi connectivity index (χ0) is 13.7. The van der Waals surface area contributed by atoms with Gasteiger partial charge in [-0.15, -0.1) is 11.8 Å². The Morgan fingerprint density at radius 3 is 2.78 bits per heavy atom. The highest BCUT2D eigenvalue weighted by molar-refractivity contribution is 8.00. The molecule has 0 amide bonds. The van der Waals surface area contributed by atoms with Gasteiger partial charge in [0.1, 0.15) is 0 Å². The highest BCUT2D eigenvalue weighted by atomic mass is 32.2. The first-order chi connectivity index (χ1) is 8.45. The molecule has 1 atom stereocenters. The van der Waals surface area contributed by atoms with Crippen LogP contribution in [0.2, 0.25) is 0 Å². The van der Waals surface area contributed by atoms with E-state index in [9.17, 15) is 14.9 Å². The van der Waals surface area contributed by atoms with Gasteiger partial charge in [0.05, 0.1) is 23.3 Å². The molecule has 0 aliphatic rings. The second kappa shape index (κ2) is 6.39. The van der Waals surface area contributed by atoms with E-state index in [1.165, 1.54) is 24.9 Å². The number of nitro benzene ring substituents is 1. The number of esters is 1. The third-order valence-electron chi connectivity index (χ3n) is 2.39. The van der Waals surface area contributed by atoms with Crippen molar-refractivity contribution in [2.24, 2.45) is 0 Å². The number of aryl methyl sites for hydroxylation is 1. The molecule has 1 rings (SSSR count). The van der Waals surface area contributed by atoms with E-state index in [-0.39, 0.29) is 23.3 Å². The number of thioether (sulfide) groups is 1. The van der Waals surface area contributed by atoms with Gasteiger partial charge in [0.25, 0.3) is 5.69 Å². The molecule has 0 aliphatic carbocycles. The predicted octanol–water partition coefficient (Wildman–Crippen LogP) is 2.95. The lowest BCUT2D eigenvalue weighted by atomic mass is 10.2. The lowest BCUT2D eigenvalue weighted by molar-refractivity contribution is -0.387. The molecule has 0 fully saturated rings. The van der Waals surface area contributed by atoms with Crippen LogP contribution in [0.3, 0.4) is 0 Å². The van der Waals surface area contributed by atoms with E-state index in [4.69, 9.17) is 0 Å². The van der Waals surface area contributed by atoms with Crippen molar-refractivity contribution in [2.45, 2.75) is 30.4 Å². The Hall–Kier alpha value is -1.56. The summed E-state index contributed by atoms with van der Waals surface area (Å²) in [7, 11) is 1.33. The molecular formula is C12H15NO4S. The van der Waals surface area contributed by atoms with Gasteiger partial charge in [-0.05, 0) is 12.5 Å². The maximum Gasteiger partial charge on any atom is 0.306 e. The Morgan fingerprint density at radius 2 is 2.22 bits per heavy atom. The average molecular weight is 269 g/mol. The Balaban J connectivity index is 2.89. The summed E-state index contributed by atoms with van der Waals surface area (Å²) in [6.07, 6.45) is 0.229. The van der Waals surface area contributed by atoms with Crippen LogP contribution in [0, 0.1) is 17.0 Å². The summed E-state index contributed by atoms with van der Waals surface area (Å²) in [6.45, 7) is 3.66. The lowest BCUT2D eigenvalue weighted by Crippen LogP contribution is -2.09. The number of nitro groups is 1. The van der Waals surface area contributed by atoms with Gasteiger partial charge < -0.3 is 4.74 Å². The Labute approximate surface area is 110 Å². The number of ether oxygens (including phenoxy) is 1. The summed E-state index contributed by atoms with van der Waals surface area (Å²) >= 11 is 1.33. The predicted molar refractivity (Wildman–Crippen MR) is 69.8 cm³/mol. The minimum atomic E-state index is -0.403. The van der Waals surface area contributed by atoms with Crippen LogP contribution in [0.1, 0.15) is 18.9 Å². The van der Waals surface area contributed by atoms with Crippen LogP contribution >= 0.6 is 11.8 Å². The Bertz CT molecular complexity index is 461. The van der Waals surface area contributed by atoms with Crippen LogP contribution in [0.25, 0.3) is 0 Å². The Morgan fingerprint density at radius 1 is 1.56 bits per heavy atom. The fraction of sp³-hybridized carbons (Fsp3) is 0.417. The highest BCUT2D eigenvalue weighted by Gasteiger charge is 2.20. The van der Waals surface area contributed by atoms with Crippen molar-refractivity contribution in [1.82, 2.24) is 0 Å². The van der Waals surface area contributed by atoms with Crippen molar-refractivity contribution in [3.05, 3.63) is 33.9 Å². The van der Waals surface area contributed by atoms with E-state index in [1.807, 2.05) is 19.9 Å². The van der Waals surface area contributed by atoms with Gasteiger partial charge in [-0.25, -0.2) is 0 Å². The number of hydrogen-bond acceptors (Lipinski definition) is 5. The van der Waals surface area contributed by atoms with Crippen molar-refractivity contribution in [3.8, 4) is 0 Å². The second-order valence-corrected chi connectivity index (χ2v) is 5.34. The van der Waals surface area contributed by atoms with Gasteiger partial charge in [-0.2, -0.15) is 0 Å². The van der Waals surface area contributed by atoms with Crippen LogP contribution in [-0.2, 0) is 9.53 Å². The van der Waals surface area contributed by atoms with Crippen molar-refractivity contribution in [1.29, 1.82) is 0 Å². The smallest absolute Gasteiger partial charge is 0.306 e. The number of carbonyl (C=O) groups is 1. The maximum atomic E-state index is 11.1. The molecule has 0 aromatic heterocycles. The van der Waals surface area contributed by atoms with Gasteiger partial charge in [-0.1, -0.05) is 19.1 Å². The number of nitrogens with zero attached hydrogens (tertiary/aromatic N) is 1. The molecule has 5 nitrogen and oxygen atoms in total. The van der Waals surface area contributed by atoms with Crippen molar-refractivity contribution in [3.63, 3.8) is 0 Å². The first kappa shape index (κ1) is 14.5. The largest absolute Gasteiger partial charge is 0.469 e. The first-order valence-electron chi connectivity index (χ1n) is 5.43. The van der Waals surface area contributed by atoms with Crippen molar-refractivity contribution >= 4 is 23.4 Å². The fourth-order valence-electron chi connectivity index (χ4n) is 1.49. The number of benzene rings is 1. The summed E-state index contributed by atoms with van der Waals surface area (Å²) < 4.78 is 4.58. The molecule has 0 heterocycles. The van der Waals surface area contributed by atoms with E-state index in [2.05, 4.69) is 4.74 Å². The third-order valence-corrected chi connectivity index (χ3v) is 3.72. The summed E-state index contributed by atoms with van der Waals surface area (Å²) in [4.78, 5) is 22.3. The van der Waals surface area contributed by atoms with Crippen LogP contribution in [0.15, 0.2) is 23.1 Å². The number of carbonyl (C=O) groups excluding carboxylic acids is 1. The van der Waals surface area contributed by atoms with Crippen molar-refractivity contribution < 1.29 is 14.5 Å². The summed E-state index contributed by atoms with van der Waals surface area (Å²) in [5.41, 5.74) is 0.919. The molecule has 0 radical (unpaired) electrons. The van der Waals surface area contributed by atoms with Gasteiger partial charge in [0.15, 0.2) is 0 Å². The van der Waals surface area contributed by atoms with E-state index < -0.39 is 4.92 Å². The molecule has 0 saturated carbocycles. The monoisotopic (exact) mass is 269 g/mol. The molecule has 1 aromatic rings. The molecule has 0 aliphatic heterocycles. The summed E-state index contributed by atoms with van der Waals surface area (Å²) in [5, 5.41) is 10.9. The minimum absolute atomic E-state index is 0.0720. The summed E-state index contributed by atoms with van der Waals surface area (Å²) in [5.74, 6) is -0.314. The van der Waals surface area contributed by atoms with Crippen molar-refractivity contribution in [2.75, 3.05) is 7.11 Å². The molecule has 0 bridgehead atoms. The zero-order valence-corrected chi connectivity index (χ0v) is 11.3. The van der Waals surface area contributed by atoms with Crippen LogP contribution < -0.4 is 0 Å². The molecule has 98 valence electrons. The van der Waals surface area contributed by atoms with Crippen LogP contribution in [0.4, 0.5) is 5.69 Å². The van der Waals surface area contributed by atoms with E-state index >= 15 is 0 Å². The molecular weight excluding hydrogens is 254 g/mol. The van der Waals surface area contributed by atoms with Gasteiger partial charge in [-0.3, -0.25) is 14.9 Å². The molecule has 1 aromatic carbocycles. The zero-order valence-electron chi connectivity index (χ0n) is 10.5. The topological polar surface area (TPSA) is 69.4 Å². The maximum absolute atomic E-state index is 11.1. The van der Waals surface area contributed by atoms with E-state index in [0.29, 0.717) is 4.90 Å². The highest BCUT2D eigenvalue weighted by Crippen LogP contribution is 2.35. The summed E-state index contributed by atoms with van der Waals surface area (Å²) in [6, 6.07) is 4.95. The normalized spacial score (nSPS) is 11.9. The molecule has 0 N–H and O–H groups in total. The lowest BCUT2D eigenvalue weighted by Gasteiger charge is -2.11.